The van der Waals surface area contributed by atoms with Crippen molar-refractivity contribution in [3.8, 4) is 45.8 Å². The van der Waals surface area contributed by atoms with Gasteiger partial charge in [-0.15, -0.1) is 0 Å². The first-order valence-electron chi connectivity index (χ1n) is 10.4. The molecule has 0 aliphatic carbocycles. The molecular formula is C25H16O9. The Morgan fingerprint density at radius 2 is 1.62 bits per heavy atom. The van der Waals surface area contributed by atoms with Gasteiger partial charge in [-0.05, 0) is 35.9 Å². The summed E-state index contributed by atoms with van der Waals surface area (Å²) >= 11 is 0. The Bertz CT molecular complexity index is 1570. The van der Waals surface area contributed by atoms with E-state index in [1.54, 1.807) is 18.2 Å². The second-order valence-corrected chi connectivity index (χ2v) is 8.03. The monoisotopic (exact) mass is 460 g/mol. The molecule has 0 saturated heterocycles. The maximum atomic E-state index is 13.0. The Morgan fingerprint density at radius 3 is 2.44 bits per heavy atom. The number of carbonyl (C=O) groups is 1. The zero-order valence-corrected chi connectivity index (χ0v) is 17.4. The minimum absolute atomic E-state index is 0.0273. The Morgan fingerprint density at radius 1 is 0.794 bits per heavy atom. The van der Waals surface area contributed by atoms with Crippen LogP contribution in [0.15, 0.2) is 57.7 Å². The van der Waals surface area contributed by atoms with Crippen molar-refractivity contribution in [3.05, 3.63) is 69.9 Å². The third-order valence-corrected chi connectivity index (χ3v) is 5.98. The van der Waals surface area contributed by atoms with Gasteiger partial charge in [-0.25, -0.2) is 0 Å². The second kappa shape index (κ2) is 7.17. The van der Waals surface area contributed by atoms with Crippen molar-refractivity contribution in [3.63, 3.8) is 0 Å². The molecule has 34 heavy (non-hydrogen) atoms. The predicted molar refractivity (Wildman–Crippen MR) is 118 cm³/mol. The molecule has 3 heterocycles. The summed E-state index contributed by atoms with van der Waals surface area (Å²) in [4.78, 5) is 25.4. The zero-order valence-electron chi connectivity index (χ0n) is 17.4. The lowest BCUT2D eigenvalue weighted by Gasteiger charge is -2.26. The zero-order chi connectivity index (χ0) is 23.6. The second-order valence-electron chi connectivity index (χ2n) is 8.03. The largest absolute Gasteiger partial charge is 0.507 e. The van der Waals surface area contributed by atoms with Gasteiger partial charge in [0.05, 0.1) is 6.42 Å². The molecular weight excluding hydrogens is 444 g/mol. The lowest BCUT2D eigenvalue weighted by atomic mass is 9.85. The molecule has 9 nitrogen and oxygen atoms in total. The molecule has 170 valence electrons. The normalized spacial score (nSPS) is 16.4. The summed E-state index contributed by atoms with van der Waals surface area (Å²) < 4.78 is 22.3. The standard InChI is InChI=1S/C25H16O9/c26-14-3-1-12(5-15(14)27)19-8-16(28)24-17(29)9-21-23(25(24)34-19)13(7-22(30)33-21)11-2-4-18-20(6-11)32-10-31-18/h1-6,8-9,13,26-27,29H,7,10H2. The number of aromatic hydroxyl groups is 3. The number of hydrogen-bond donors (Lipinski definition) is 3. The molecule has 1 unspecified atom stereocenters. The van der Waals surface area contributed by atoms with Gasteiger partial charge in [0.15, 0.2) is 28.4 Å². The first-order chi connectivity index (χ1) is 16.4. The van der Waals surface area contributed by atoms with Crippen molar-refractivity contribution in [1.82, 2.24) is 0 Å². The van der Waals surface area contributed by atoms with E-state index in [2.05, 4.69) is 0 Å². The lowest BCUT2D eigenvalue weighted by Crippen LogP contribution is -2.22. The lowest BCUT2D eigenvalue weighted by molar-refractivity contribution is -0.135. The number of phenolic OH excluding ortho intramolecular Hbond substituents is 3. The van der Waals surface area contributed by atoms with Crippen molar-refractivity contribution >= 4 is 16.9 Å². The summed E-state index contributed by atoms with van der Waals surface area (Å²) in [6.07, 6.45) is -0.0273. The van der Waals surface area contributed by atoms with Crippen LogP contribution in [0.5, 0.6) is 34.5 Å². The van der Waals surface area contributed by atoms with E-state index in [0.29, 0.717) is 28.2 Å². The van der Waals surface area contributed by atoms with Crippen LogP contribution >= 0.6 is 0 Å². The molecule has 0 radical (unpaired) electrons. The SMILES string of the molecule is O=C1CC(c2ccc3c(c2)OCO3)c2c(cc(O)c3c(=O)cc(-c4ccc(O)c(O)c4)oc23)O1. The molecule has 1 atom stereocenters. The molecule has 3 N–H and O–H groups in total. The van der Waals surface area contributed by atoms with Crippen LogP contribution in [-0.2, 0) is 4.79 Å². The van der Waals surface area contributed by atoms with Crippen molar-refractivity contribution in [2.45, 2.75) is 12.3 Å². The number of carbonyl (C=O) groups excluding carboxylic acids is 1. The van der Waals surface area contributed by atoms with Crippen molar-refractivity contribution in [2.24, 2.45) is 0 Å². The van der Waals surface area contributed by atoms with Crippen molar-refractivity contribution in [1.29, 1.82) is 0 Å². The van der Waals surface area contributed by atoms with E-state index in [0.717, 1.165) is 0 Å². The van der Waals surface area contributed by atoms with Crippen LogP contribution in [0, 0.1) is 0 Å². The summed E-state index contributed by atoms with van der Waals surface area (Å²) in [6, 6.07) is 11.7. The van der Waals surface area contributed by atoms with Gasteiger partial charge in [0.1, 0.15) is 28.2 Å². The van der Waals surface area contributed by atoms with Crippen LogP contribution in [0.25, 0.3) is 22.3 Å². The third-order valence-electron chi connectivity index (χ3n) is 5.98. The smallest absolute Gasteiger partial charge is 0.312 e. The fourth-order valence-corrected chi connectivity index (χ4v) is 4.39. The molecule has 0 fully saturated rings. The average molecular weight is 460 g/mol. The number of fused-ring (bicyclic) bond motifs is 4. The van der Waals surface area contributed by atoms with E-state index >= 15 is 0 Å². The maximum Gasteiger partial charge on any atom is 0.312 e. The van der Waals surface area contributed by atoms with Crippen molar-refractivity contribution in [2.75, 3.05) is 6.79 Å². The Hall–Kier alpha value is -4.66. The molecule has 4 aromatic rings. The number of hydrogen-bond acceptors (Lipinski definition) is 9. The molecule has 0 bridgehead atoms. The van der Waals surface area contributed by atoms with Gasteiger partial charge in [-0.2, -0.15) is 0 Å². The van der Waals surface area contributed by atoms with Gasteiger partial charge < -0.3 is 33.9 Å². The molecule has 0 saturated carbocycles. The number of ether oxygens (including phenoxy) is 3. The molecule has 9 heteroatoms. The number of rotatable bonds is 2. The molecule has 3 aromatic carbocycles. The van der Waals surface area contributed by atoms with Crippen LogP contribution in [0.2, 0.25) is 0 Å². The molecule has 0 amide bonds. The topological polar surface area (TPSA) is 136 Å². The predicted octanol–water partition coefficient (Wildman–Crippen LogP) is 3.75. The van der Waals surface area contributed by atoms with Gasteiger partial charge in [0.2, 0.25) is 6.79 Å². The van der Waals surface area contributed by atoms with Gasteiger partial charge in [-0.3, -0.25) is 9.59 Å². The van der Waals surface area contributed by atoms with Crippen LogP contribution in [0.4, 0.5) is 0 Å². The summed E-state index contributed by atoms with van der Waals surface area (Å²) in [5.74, 6) is -0.860. The summed E-state index contributed by atoms with van der Waals surface area (Å²) in [5.41, 5.74) is 1.00. The highest BCUT2D eigenvalue weighted by molar-refractivity contribution is 5.93. The van der Waals surface area contributed by atoms with E-state index in [1.165, 1.54) is 30.3 Å². The fourth-order valence-electron chi connectivity index (χ4n) is 4.39. The Kier molecular flexibility index (Phi) is 4.22. The molecule has 2 aliphatic rings. The number of esters is 1. The Balaban J connectivity index is 1.62. The highest BCUT2D eigenvalue weighted by Gasteiger charge is 2.34. The molecule has 0 spiro atoms. The van der Waals surface area contributed by atoms with Crippen molar-refractivity contribution < 1.29 is 38.7 Å². The minimum atomic E-state index is -0.555. The third kappa shape index (κ3) is 3.01. The van der Waals surface area contributed by atoms with Crippen LogP contribution < -0.4 is 19.6 Å². The Labute approximate surface area is 191 Å². The van der Waals surface area contributed by atoms with E-state index in [1.807, 2.05) is 0 Å². The van der Waals surface area contributed by atoms with E-state index in [4.69, 9.17) is 18.6 Å². The molecule has 1 aromatic heterocycles. The van der Waals surface area contributed by atoms with Gasteiger partial charge in [0, 0.05) is 29.2 Å². The summed E-state index contributed by atoms with van der Waals surface area (Å²) in [5, 5.41) is 30.0. The quantitative estimate of drug-likeness (QED) is 0.232. The van der Waals surface area contributed by atoms with E-state index in [9.17, 15) is 24.9 Å². The summed E-state index contributed by atoms with van der Waals surface area (Å²) in [7, 11) is 0. The highest BCUT2D eigenvalue weighted by atomic mass is 16.7. The number of phenols is 3. The van der Waals surface area contributed by atoms with Gasteiger partial charge in [-0.1, -0.05) is 6.07 Å². The van der Waals surface area contributed by atoms with Crippen LogP contribution in [0.1, 0.15) is 23.5 Å². The minimum Gasteiger partial charge on any atom is -0.507 e. The molecule has 6 rings (SSSR count). The fraction of sp³-hybridized carbons (Fsp3) is 0.120. The summed E-state index contributed by atoms with van der Waals surface area (Å²) in [6.45, 7) is 0.0938. The van der Waals surface area contributed by atoms with Gasteiger partial charge >= 0.3 is 5.97 Å². The highest BCUT2D eigenvalue weighted by Crippen LogP contribution is 2.47. The van der Waals surface area contributed by atoms with Gasteiger partial charge in [0.25, 0.3) is 0 Å². The van der Waals surface area contributed by atoms with E-state index < -0.39 is 17.3 Å². The first-order valence-corrected chi connectivity index (χ1v) is 10.4. The maximum absolute atomic E-state index is 13.0. The van der Waals surface area contributed by atoms with Crippen LogP contribution in [0.3, 0.4) is 0 Å². The number of benzene rings is 3. The van der Waals surface area contributed by atoms with E-state index in [-0.39, 0.29) is 52.9 Å². The molecule has 2 aliphatic heterocycles. The van der Waals surface area contributed by atoms with Crippen LogP contribution in [-0.4, -0.2) is 28.1 Å². The first kappa shape index (κ1) is 20.0. The average Bonchev–Trinajstić information content (AvgIpc) is 3.27.